The molecule has 0 aromatic heterocycles. The number of anilines is 1. The number of rotatable bonds is 3. The Morgan fingerprint density at radius 3 is 2.50 bits per heavy atom. The van der Waals surface area contributed by atoms with Crippen molar-refractivity contribution < 1.29 is 14.0 Å². The van der Waals surface area contributed by atoms with Crippen molar-refractivity contribution in [2.75, 3.05) is 5.32 Å². The fourth-order valence-electron chi connectivity index (χ4n) is 1.95. The second-order valence-electron chi connectivity index (χ2n) is 5.05. The lowest BCUT2D eigenvalue weighted by molar-refractivity contribution is -0.136. The van der Waals surface area contributed by atoms with Crippen LogP contribution in [0, 0.1) is 19.7 Å². The Balaban J connectivity index is 1.97. The summed E-state index contributed by atoms with van der Waals surface area (Å²) in [6.45, 7) is 3.70. The second kappa shape index (κ2) is 6.85. The third-order valence-electron chi connectivity index (χ3n) is 3.24. The van der Waals surface area contributed by atoms with Crippen molar-refractivity contribution in [3.05, 3.63) is 65.0 Å². The predicted octanol–water partition coefficient (Wildman–Crippen LogP) is 2.70. The molecule has 2 aromatic rings. The molecular weight excluding hydrogens is 283 g/mol. The van der Waals surface area contributed by atoms with Gasteiger partial charge in [-0.2, -0.15) is 0 Å². The molecule has 0 aliphatic carbocycles. The summed E-state index contributed by atoms with van der Waals surface area (Å²) in [6.07, 6.45) is 0. The Kier molecular flexibility index (Phi) is 4.88. The number of aryl methyl sites for hydroxylation is 2. The van der Waals surface area contributed by atoms with Crippen molar-refractivity contribution in [3.8, 4) is 0 Å². The molecule has 0 atom stereocenters. The smallest absolute Gasteiger partial charge is 0.313 e. The molecule has 2 rings (SSSR count). The molecule has 0 aliphatic rings. The van der Waals surface area contributed by atoms with Crippen LogP contribution in [-0.2, 0) is 16.1 Å². The Bertz CT molecular complexity index is 714. The minimum atomic E-state index is -0.802. The Hall–Kier alpha value is -2.69. The molecule has 0 radical (unpaired) electrons. The van der Waals surface area contributed by atoms with Crippen LogP contribution < -0.4 is 10.6 Å². The number of hydrogen-bond donors (Lipinski definition) is 2. The van der Waals surface area contributed by atoms with Crippen molar-refractivity contribution in [2.45, 2.75) is 20.4 Å². The van der Waals surface area contributed by atoms with Crippen LogP contribution >= 0.6 is 0 Å². The molecule has 0 unspecified atom stereocenters. The van der Waals surface area contributed by atoms with Gasteiger partial charge in [-0.15, -0.1) is 0 Å². The van der Waals surface area contributed by atoms with Crippen LogP contribution in [-0.4, -0.2) is 11.8 Å². The minimum Gasteiger partial charge on any atom is -0.344 e. The van der Waals surface area contributed by atoms with Crippen LogP contribution in [0.5, 0.6) is 0 Å². The maximum absolute atomic E-state index is 13.4. The summed E-state index contributed by atoms with van der Waals surface area (Å²) in [5.74, 6) is -1.99. The first-order chi connectivity index (χ1) is 10.5. The van der Waals surface area contributed by atoms with E-state index in [1.54, 1.807) is 24.3 Å². The molecule has 22 heavy (non-hydrogen) atoms. The van der Waals surface area contributed by atoms with Gasteiger partial charge in [-0.25, -0.2) is 4.39 Å². The van der Waals surface area contributed by atoms with Crippen LogP contribution in [0.3, 0.4) is 0 Å². The molecule has 0 bridgehead atoms. The van der Waals surface area contributed by atoms with E-state index in [1.807, 2.05) is 26.0 Å². The molecule has 0 spiro atoms. The van der Waals surface area contributed by atoms with Crippen LogP contribution in [0.1, 0.15) is 16.7 Å². The van der Waals surface area contributed by atoms with E-state index in [0.29, 0.717) is 11.3 Å². The highest BCUT2D eigenvalue weighted by molar-refractivity contribution is 6.39. The highest BCUT2D eigenvalue weighted by Gasteiger charge is 2.15. The number of hydrogen-bond acceptors (Lipinski definition) is 2. The number of carbonyl (C=O) groups is 2. The van der Waals surface area contributed by atoms with E-state index in [-0.39, 0.29) is 6.54 Å². The molecule has 4 nitrogen and oxygen atoms in total. The zero-order valence-electron chi connectivity index (χ0n) is 12.4. The van der Waals surface area contributed by atoms with E-state index in [0.717, 1.165) is 11.1 Å². The normalized spacial score (nSPS) is 10.1. The van der Waals surface area contributed by atoms with Gasteiger partial charge in [0.15, 0.2) is 0 Å². The van der Waals surface area contributed by atoms with Gasteiger partial charge < -0.3 is 10.6 Å². The highest BCUT2D eigenvalue weighted by Crippen LogP contribution is 2.16. The summed E-state index contributed by atoms with van der Waals surface area (Å²) < 4.78 is 13.4. The lowest BCUT2D eigenvalue weighted by Gasteiger charge is -2.10. The highest BCUT2D eigenvalue weighted by atomic mass is 19.1. The first-order valence-electron chi connectivity index (χ1n) is 6.87. The molecule has 2 amide bonds. The number of nitrogens with one attached hydrogen (secondary N) is 2. The maximum atomic E-state index is 13.4. The van der Waals surface area contributed by atoms with Crippen LogP contribution in [0.15, 0.2) is 42.5 Å². The van der Waals surface area contributed by atoms with Crippen molar-refractivity contribution >= 4 is 17.5 Å². The van der Waals surface area contributed by atoms with Crippen molar-refractivity contribution in [2.24, 2.45) is 0 Å². The van der Waals surface area contributed by atoms with Crippen LogP contribution in [0.25, 0.3) is 0 Å². The molecule has 2 N–H and O–H groups in total. The Labute approximate surface area is 128 Å². The fraction of sp³-hybridized carbons (Fsp3) is 0.176. The van der Waals surface area contributed by atoms with Gasteiger partial charge in [0.1, 0.15) is 5.82 Å². The summed E-state index contributed by atoms with van der Waals surface area (Å²) in [5, 5.41) is 4.96. The molecule has 114 valence electrons. The van der Waals surface area contributed by atoms with E-state index >= 15 is 0 Å². The summed E-state index contributed by atoms with van der Waals surface area (Å²) in [6, 6.07) is 11.7. The van der Waals surface area contributed by atoms with E-state index in [4.69, 9.17) is 0 Å². The monoisotopic (exact) mass is 300 g/mol. The first kappa shape index (κ1) is 15.7. The maximum Gasteiger partial charge on any atom is 0.313 e. The summed E-state index contributed by atoms with van der Waals surface area (Å²) >= 11 is 0. The van der Waals surface area contributed by atoms with Gasteiger partial charge in [0.2, 0.25) is 0 Å². The third kappa shape index (κ3) is 3.91. The third-order valence-corrected chi connectivity index (χ3v) is 3.24. The molecule has 2 aromatic carbocycles. The Morgan fingerprint density at radius 1 is 1.05 bits per heavy atom. The van der Waals surface area contributed by atoms with Crippen molar-refractivity contribution in [1.29, 1.82) is 0 Å². The van der Waals surface area contributed by atoms with E-state index in [1.165, 1.54) is 6.07 Å². The number of carbonyl (C=O) groups excluding carboxylic acids is 2. The molecule has 0 fully saturated rings. The first-order valence-corrected chi connectivity index (χ1v) is 6.87. The Morgan fingerprint density at radius 2 is 1.77 bits per heavy atom. The van der Waals surface area contributed by atoms with Crippen molar-refractivity contribution in [1.82, 2.24) is 5.32 Å². The minimum absolute atomic E-state index is 0.0360. The topological polar surface area (TPSA) is 58.2 Å². The summed E-state index contributed by atoms with van der Waals surface area (Å²) in [4.78, 5) is 23.6. The zero-order chi connectivity index (χ0) is 16.1. The van der Waals surface area contributed by atoms with Crippen molar-refractivity contribution in [3.63, 3.8) is 0 Å². The zero-order valence-corrected chi connectivity index (χ0v) is 12.4. The average Bonchev–Trinajstić information content (AvgIpc) is 2.49. The standard InChI is InChI=1S/C17H17FN2O2/c1-11-7-8-12(2)15(9-11)20-17(22)16(21)19-10-13-5-3-4-6-14(13)18/h3-9H,10H2,1-2H3,(H,19,21)(H,20,22). The number of halogens is 1. The molecule has 5 heteroatoms. The fourth-order valence-corrected chi connectivity index (χ4v) is 1.95. The quantitative estimate of drug-likeness (QED) is 0.856. The van der Waals surface area contributed by atoms with E-state index in [2.05, 4.69) is 10.6 Å². The van der Waals surface area contributed by atoms with Gasteiger partial charge in [0, 0.05) is 17.8 Å². The van der Waals surface area contributed by atoms with Gasteiger partial charge in [0.25, 0.3) is 0 Å². The summed E-state index contributed by atoms with van der Waals surface area (Å²) in [5.41, 5.74) is 2.76. The molecule has 0 saturated carbocycles. The average molecular weight is 300 g/mol. The van der Waals surface area contributed by atoms with Crippen LogP contribution in [0.4, 0.5) is 10.1 Å². The molecule has 0 heterocycles. The van der Waals surface area contributed by atoms with Gasteiger partial charge >= 0.3 is 11.8 Å². The van der Waals surface area contributed by atoms with Gasteiger partial charge in [-0.1, -0.05) is 30.3 Å². The molecule has 0 saturated heterocycles. The van der Waals surface area contributed by atoms with E-state index < -0.39 is 17.6 Å². The largest absolute Gasteiger partial charge is 0.344 e. The molecule has 0 aliphatic heterocycles. The van der Waals surface area contributed by atoms with E-state index in [9.17, 15) is 14.0 Å². The number of amides is 2. The number of benzene rings is 2. The summed E-state index contributed by atoms with van der Waals surface area (Å²) in [7, 11) is 0. The van der Waals surface area contributed by atoms with Crippen LogP contribution in [0.2, 0.25) is 0 Å². The van der Waals surface area contributed by atoms with Gasteiger partial charge in [-0.3, -0.25) is 9.59 Å². The SMILES string of the molecule is Cc1ccc(C)c(NC(=O)C(=O)NCc2ccccc2F)c1. The lowest BCUT2D eigenvalue weighted by atomic mass is 10.1. The van der Waals surface area contributed by atoms with Gasteiger partial charge in [-0.05, 0) is 37.1 Å². The molecular formula is C17H17FN2O2. The lowest BCUT2D eigenvalue weighted by Crippen LogP contribution is -2.35. The van der Waals surface area contributed by atoms with Gasteiger partial charge in [0.05, 0.1) is 0 Å². The second-order valence-corrected chi connectivity index (χ2v) is 5.05. The predicted molar refractivity (Wildman–Crippen MR) is 82.8 cm³/mol.